The highest BCUT2D eigenvalue weighted by molar-refractivity contribution is 9.10. The van der Waals surface area contributed by atoms with Crippen molar-refractivity contribution in [1.82, 2.24) is 4.90 Å². The van der Waals surface area contributed by atoms with Crippen LogP contribution in [0.5, 0.6) is 0 Å². The number of carbonyl (C=O) groups excluding carboxylic acids is 1. The van der Waals surface area contributed by atoms with Gasteiger partial charge in [0.1, 0.15) is 0 Å². The summed E-state index contributed by atoms with van der Waals surface area (Å²) in [4.78, 5) is 14.0. The number of hydrogen-bond acceptors (Lipinski definition) is 2. The maximum absolute atomic E-state index is 12.1. The summed E-state index contributed by atoms with van der Waals surface area (Å²) >= 11 is 9.29. The maximum atomic E-state index is 12.1. The topological polar surface area (TPSA) is 46.3 Å². The minimum Gasteiger partial charge on any atom is -0.342 e. The molecule has 1 aromatic rings. The van der Waals surface area contributed by atoms with Crippen LogP contribution in [-0.4, -0.2) is 29.9 Å². The predicted molar refractivity (Wildman–Crippen MR) is 76.6 cm³/mol. The fourth-order valence-electron chi connectivity index (χ4n) is 2.08. The summed E-state index contributed by atoms with van der Waals surface area (Å²) in [6.07, 6.45) is 2.22. The number of piperidine rings is 1. The molecule has 0 atom stereocenters. The van der Waals surface area contributed by atoms with E-state index < -0.39 is 0 Å². The Hall–Kier alpha value is -0.580. The van der Waals surface area contributed by atoms with Crippen molar-refractivity contribution >= 4 is 33.4 Å². The van der Waals surface area contributed by atoms with Gasteiger partial charge in [0.05, 0.1) is 11.4 Å². The number of amides is 1. The number of likely N-dealkylation sites (tertiary alicyclic amines) is 1. The Bertz CT molecular complexity index is 445. The Morgan fingerprint density at radius 1 is 1.44 bits per heavy atom. The predicted octanol–water partition coefficient (Wildman–Crippen LogP) is 2.59. The largest absolute Gasteiger partial charge is 0.342 e. The van der Waals surface area contributed by atoms with Crippen molar-refractivity contribution in [3.05, 3.63) is 33.3 Å². The summed E-state index contributed by atoms with van der Waals surface area (Å²) in [6.45, 7) is 1.55. The zero-order valence-electron chi connectivity index (χ0n) is 10.0. The minimum absolute atomic E-state index is 0.163. The van der Waals surface area contributed by atoms with Gasteiger partial charge < -0.3 is 10.6 Å². The zero-order chi connectivity index (χ0) is 13.1. The van der Waals surface area contributed by atoms with E-state index in [0.717, 1.165) is 36.0 Å². The van der Waals surface area contributed by atoms with Crippen LogP contribution in [0.25, 0.3) is 0 Å². The minimum atomic E-state index is 0.163. The van der Waals surface area contributed by atoms with Crippen LogP contribution < -0.4 is 5.73 Å². The molecule has 1 amide bonds. The number of hydrogen-bond donors (Lipinski definition) is 1. The van der Waals surface area contributed by atoms with Crippen molar-refractivity contribution in [2.75, 3.05) is 13.1 Å². The molecule has 1 heterocycles. The Balaban J connectivity index is 1.96. The first-order valence-electron chi connectivity index (χ1n) is 6.03. The smallest absolute Gasteiger partial charge is 0.226 e. The summed E-state index contributed by atoms with van der Waals surface area (Å²) < 4.78 is 0.829. The van der Waals surface area contributed by atoms with Gasteiger partial charge >= 0.3 is 0 Å². The molecule has 18 heavy (non-hydrogen) atoms. The first kappa shape index (κ1) is 13.8. The highest BCUT2D eigenvalue weighted by Gasteiger charge is 2.20. The number of nitrogens with two attached hydrogens (primary N) is 1. The summed E-state index contributed by atoms with van der Waals surface area (Å²) in [6, 6.07) is 5.84. The quantitative estimate of drug-likeness (QED) is 0.905. The summed E-state index contributed by atoms with van der Waals surface area (Å²) in [5.41, 5.74) is 6.81. The van der Waals surface area contributed by atoms with Crippen LogP contribution in [0.2, 0.25) is 5.02 Å². The highest BCUT2D eigenvalue weighted by atomic mass is 79.9. The van der Waals surface area contributed by atoms with Crippen molar-refractivity contribution < 1.29 is 4.79 Å². The summed E-state index contributed by atoms with van der Waals surface area (Å²) in [7, 11) is 0. The third-order valence-corrected chi connectivity index (χ3v) is 4.45. The molecule has 0 bridgehead atoms. The van der Waals surface area contributed by atoms with Crippen molar-refractivity contribution in [3.8, 4) is 0 Å². The lowest BCUT2D eigenvalue weighted by atomic mass is 10.0. The molecule has 1 fully saturated rings. The number of rotatable bonds is 2. The Labute approximate surface area is 120 Å². The monoisotopic (exact) mass is 330 g/mol. The van der Waals surface area contributed by atoms with Crippen molar-refractivity contribution in [1.29, 1.82) is 0 Å². The van der Waals surface area contributed by atoms with E-state index in [-0.39, 0.29) is 11.9 Å². The second kappa shape index (κ2) is 6.04. The van der Waals surface area contributed by atoms with Crippen LogP contribution in [0.4, 0.5) is 0 Å². The molecule has 3 nitrogen and oxygen atoms in total. The molecular weight excluding hydrogens is 316 g/mol. The third kappa shape index (κ3) is 3.46. The lowest BCUT2D eigenvalue weighted by molar-refractivity contribution is -0.131. The van der Waals surface area contributed by atoms with Gasteiger partial charge in [0.25, 0.3) is 0 Å². The van der Waals surface area contributed by atoms with E-state index in [1.54, 1.807) is 6.07 Å². The number of carbonyl (C=O) groups is 1. The second-order valence-corrected chi connectivity index (χ2v) is 5.90. The van der Waals surface area contributed by atoms with Crippen LogP contribution in [0.3, 0.4) is 0 Å². The summed E-state index contributed by atoms with van der Waals surface area (Å²) in [5, 5.41) is 0.662. The molecule has 98 valence electrons. The van der Waals surface area contributed by atoms with Gasteiger partial charge in [-0.05, 0) is 46.5 Å². The molecule has 1 aromatic carbocycles. The van der Waals surface area contributed by atoms with Crippen LogP contribution in [-0.2, 0) is 11.2 Å². The van der Waals surface area contributed by atoms with Crippen LogP contribution in [0.1, 0.15) is 18.4 Å². The maximum Gasteiger partial charge on any atom is 0.226 e. The van der Waals surface area contributed by atoms with E-state index in [4.69, 9.17) is 17.3 Å². The molecule has 1 saturated heterocycles. The zero-order valence-corrected chi connectivity index (χ0v) is 12.4. The standard InChI is InChI=1S/C13H16BrClN2O/c14-11-7-9(1-2-12(11)15)8-13(18)17-5-3-10(16)4-6-17/h1-2,7,10H,3-6,8,16H2. The molecule has 2 rings (SSSR count). The second-order valence-electron chi connectivity index (χ2n) is 4.64. The van der Waals surface area contributed by atoms with E-state index in [2.05, 4.69) is 15.9 Å². The van der Waals surface area contributed by atoms with E-state index in [1.165, 1.54) is 0 Å². The molecule has 0 aromatic heterocycles. The van der Waals surface area contributed by atoms with Gasteiger partial charge in [0, 0.05) is 23.6 Å². The molecule has 0 unspecified atom stereocenters. The molecule has 1 aliphatic rings. The van der Waals surface area contributed by atoms with Gasteiger partial charge in [0.2, 0.25) is 5.91 Å². The van der Waals surface area contributed by atoms with Crippen molar-refractivity contribution in [2.24, 2.45) is 5.73 Å². The van der Waals surface area contributed by atoms with Gasteiger partial charge in [0.15, 0.2) is 0 Å². The molecule has 0 spiro atoms. The van der Waals surface area contributed by atoms with E-state index in [9.17, 15) is 4.79 Å². The van der Waals surface area contributed by atoms with E-state index in [1.807, 2.05) is 17.0 Å². The number of nitrogens with zero attached hydrogens (tertiary/aromatic N) is 1. The fraction of sp³-hybridized carbons (Fsp3) is 0.462. The van der Waals surface area contributed by atoms with Crippen molar-refractivity contribution in [3.63, 3.8) is 0 Å². The van der Waals surface area contributed by atoms with E-state index in [0.29, 0.717) is 11.4 Å². The van der Waals surface area contributed by atoms with Crippen LogP contribution >= 0.6 is 27.5 Å². The SMILES string of the molecule is NC1CCN(C(=O)Cc2ccc(Cl)c(Br)c2)CC1. The first-order valence-corrected chi connectivity index (χ1v) is 7.20. The normalized spacial score (nSPS) is 16.9. The molecule has 1 aliphatic heterocycles. The van der Waals surface area contributed by atoms with Crippen LogP contribution in [0.15, 0.2) is 22.7 Å². The lowest BCUT2D eigenvalue weighted by Gasteiger charge is -2.30. The Morgan fingerprint density at radius 2 is 2.11 bits per heavy atom. The van der Waals surface area contributed by atoms with Gasteiger partial charge in [-0.1, -0.05) is 17.7 Å². The lowest BCUT2D eigenvalue weighted by Crippen LogP contribution is -2.43. The number of benzene rings is 1. The summed E-state index contributed by atoms with van der Waals surface area (Å²) in [5.74, 6) is 0.163. The van der Waals surface area contributed by atoms with Crippen molar-refractivity contribution in [2.45, 2.75) is 25.3 Å². The fourth-order valence-corrected chi connectivity index (χ4v) is 2.63. The van der Waals surface area contributed by atoms with Crippen LogP contribution in [0, 0.1) is 0 Å². The molecule has 0 radical (unpaired) electrons. The molecule has 5 heteroatoms. The van der Waals surface area contributed by atoms with Gasteiger partial charge in [-0.2, -0.15) is 0 Å². The number of halogens is 2. The Morgan fingerprint density at radius 3 is 2.72 bits per heavy atom. The Kier molecular flexibility index (Phi) is 4.65. The van der Waals surface area contributed by atoms with Gasteiger partial charge in [-0.3, -0.25) is 4.79 Å². The average Bonchev–Trinajstić information content (AvgIpc) is 2.34. The van der Waals surface area contributed by atoms with Gasteiger partial charge in [-0.25, -0.2) is 0 Å². The van der Waals surface area contributed by atoms with E-state index >= 15 is 0 Å². The average molecular weight is 332 g/mol. The third-order valence-electron chi connectivity index (χ3n) is 3.23. The molecular formula is C13H16BrClN2O. The van der Waals surface area contributed by atoms with Gasteiger partial charge in [-0.15, -0.1) is 0 Å². The molecule has 0 aliphatic carbocycles. The highest BCUT2D eigenvalue weighted by Crippen LogP contribution is 2.23. The molecule has 2 N–H and O–H groups in total. The first-order chi connectivity index (χ1) is 8.56. The molecule has 0 saturated carbocycles.